The maximum absolute atomic E-state index is 10.7. The fourth-order valence-corrected chi connectivity index (χ4v) is 2.73. The summed E-state index contributed by atoms with van der Waals surface area (Å²) in [6.45, 7) is 0.519. The molecule has 0 amide bonds. The van der Waals surface area contributed by atoms with E-state index in [9.17, 15) is 9.90 Å². The third kappa shape index (κ3) is 3.24. The molecule has 0 aromatic carbocycles. The van der Waals surface area contributed by atoms with E-state index >= 15 is 0 Å². The maximum atomic E-state index is 10.7. The van der Waals surface area contributed by atoms with Gasteiger partial charge in [0.1, 0.15) is 0 Å². The van der Waals surface area contributed by atoms with Crippen LogP contribution in [-0.4, -0.2) is 33.3 Å². The number of carboxylic acids is 1. The summed E-state index contributed by atoms with van der Waals surface area (Å²) in [7, 11) is 0. The maximum Gasteiger partial charge on any atom is 0.365 e. The molecule has 2 unspecified atom stereocenters. The quantitative estimate of drug-likeness (QED) is 0.755. The van der Waals surface area contributed by atoms with Crippen molar-refractivity contribution < 1.29 is 15.0 Å². The Morgan fingerprint density at radius 2 is 2.29 bits per heavy atom. The lowest BCUT2D eigenvalue weighted by Crippen LogP contribution is -2.41. The number of carbonyl (C=O) groups is 1. The molecule has 1 aromatic heterocycles. The van der Waals surface area contributed by atoms with Crippen LogP contribution in [0.15, 0.2) is 5.38 Å². The molecular weight excluding hydrogens is 240 g/mol. The average Bonchev–Trinajstić information content (AvgIpc) is 2.77. The van der Waals surface area contributed by atoms with Crippen molar-refractivity contribution >= 4 is 17.3 Å². The van der Waals surface area contributed by atoms with Gasteiger partial charge in [0.2, 0.25) is 5.01 Å². The highest BCUT2D eigenvalue weighted by Crippen LogP contribution is 2.19. The molecular formula is C11H16N2O3S. The van der Waals surface area contributed by atoms with Gasteiger partial charge in [0, 0.05) is 18.0 Å². The Morgan fingerprint density at radius 1 is 1.53 bits per heavy atom. The molecule has 94 valence electrons. The van der Waals surface area contributed by atoms with Crippen molar-refractivity contribution in [1.29, 1.82) is 0 Å². The van der Waals surface area contributed by atoms with Gasteiger partial charge < -0.3 is 15.5 Å². The van der Waals surface area contributed by atoms with Crippen LogP contribution in [0.5, 0.6) is 0 Å². The number of aliphatic hydroxyl groups is 1. The van der Waals surface area contributed by atoms with Crippen LogP contribution in [0.1, 0.15) is 41.2 Å². The normalized spacial score (nSPS) is 24.8. The van der Waals surface area contributed by atoms with Crippen LogP contribution in [0.3, 0.4) is 0 Å². The molecule has 0 radical (unpaired) electrons. The Bertz CT molecular complexity index is 394. The first-order valence-electron chi connectivity index (χ1n) is 5.76. The van der Waals surface area contributed by atoms with Gasteiger partial charge in [-0.05, 0) is 12.8 Å². The standard InChI is InChI=1S/C11H16N2O3S/c14-9-4-2-1-3-8(9)12-5-7-6-17-10(13-7)11(15)16/h6,8-9,12,14H,1-5H2,(H,15,16). The smallest absolute Gasteiger partial charge is 0.365 e. The van der Waals surface area contributed by atoms with Gasteiger partial charge in [0.25, 0.3) is 0 Å². The van der Waals surface area contributed by atoms with E-state index in [4.69, 9.17) is 5.11 Å². The first-order chi connectivity index (χ1) is 8.16. The summed E-state index contributed by atoms with van der Waals surface area (Å²) in [6.07, 6.45) is 3.73. The topological polar surface area (TPSA) is 82.5 Å². The number of carboxylic acid groups (broad SMARTS) is 1. The summed E-state index contributed by atoms with van der Waals surface area (Å²) < 4.78 is 0. The molecule has 0 spiro atoms. The summed E-state index contributed by atoms with van der Waals surface area (Å²) in [5.41, 5.74) is 0.727. The Morgan fingerprint density at radius 3 is 2.94 bits per heavy atom. The van der Waals surface area contributed by atoms with E-state index in [2.05, 4.69) is 10.3 Å². The van der Waals surface area contributed by atoms with E-state index in [0.717, 1.165) is 42.7 Å². The molecule has 2 atom stereocenters. The summed E-state index contributed by atoms with van der Waals surface area (Å²) in [6, 6.07) is 0.110. The van der Waals surface area contributed by atoms with Gasteiger partial charge in [-0.2, -0.15) is 0 Å². The number of hydrogen-bond donors (Lipinski definition) is 3. The lowest BCUT2D eigenvalue weighted by atomic mass is 9.92. The Balaban J connectivity index is 1.86. The highest BCUT2D eigenvalue weighted by molar-refractivity contribution is 7.11. The predicted molar refractivity (Wildman–Crippen MR) is 64.2 cm³/mol. The van der Waals surface area contributed by atoms with Crippen molar-refractivity contribution in [3.63, 3.8) is 0 Å². The monoisotopic (exact) mass is 256 g/mol. The number of hydrogen-bond acceptors (Lipinski definition) is 5. The minimum Gasteiger partial charge on any atom is -0.476 e. The second-order valence-electron chi connectivity index (χ2n) is 4.29. The number of aromatic carboxylic acids is 1. The molecule has 1 aliphatic rings. The second kappa shape index (κ2) is 5.57. The highest BCUT2D eigenvalue weighted by Gasteiger charge is 2.22. The summed E-state index contributed by atoms with van der Waals surface area (Å²) in [5.74, 6) is -0.987. The van der Waals surface area contributed by atoms with Crippen molar-refractivity contribution in [1.82, 2.24) is 10.3 Å². The van der Waals surface area contributed by atoms with Gasteiger partial charge in [0.15, 0.2) is 0 Å². The molecule has 17 heavy (non-hydrogen) atoms. The van der Waals surface area contributed by atoms with Gasteiger partial charge in [-0.15, -0.1) is 11.3 Å². The van der Waals surface area contributed by atoms with E-state index in [-0.39, 0.29) is 17.2 Å². The van der Waals surface area contributed by atoms with E-state index in [1.54, 1.807) is 5.38 Å². The molecule has 0 bridgehead atoms. The number of aromatic nitrogens is 1. The zero-order valence-corrected chi connectivity index (χ0v) is 10.2. The zero-order valence-electron chi connectivity index (χ0n) is 9.43. The fourth-order valence-electron chi connectivity index (χ4n) is 2.07. The van der Waals surface area contributed by atoms with E-state index < -0.39 is 5.97 Å². The molecule has 3 N–H and O–H groups in total. The van der Waals surface area contributed by atoms with Crippen LogP contribution in [0.4, 0.5) is 0 Å². The summed E-state index contributed by atoms with van der Waals surface area (Å²) in [5, 5.41) is 23.6. The van der Waals surface area contributed by atoms with E-state index in [1.807, 2.05) is 0 Å². The van der Waals surface area contributed by atoms with E-state index in [1.165, 1.54) is 0 Å². The summed E-state index contributed by atoms with van der Waals surface area (Å²) in [4.78, 5) is 14.7. The number of thiazole rings is 1. The Kier molecular flexibility index (Phi) is 4.09. The first-order valence-corrected chi connectivity index (χ1v) is 6.64. The van der Waals surface area contributed by atoms with Crippen molar-refractivity contribution in [2.24, 2.45) is 0 Å². The first kappa shape index (κ1) is 12.5. The third-order valence-corrected chi connectivity index (χ3v) is 3.89. The summed E-state index contributed by atoms with van der Waals surface area (Å²) >= 11 is 1.13. The minimum absolute atomic E-state index is 0.110. The van der Waals surface area contributed by atoms with E-state index in [0.29, 0.717) is 6.54 Å². The Hall–Kier alpha value is -0.980. The molecule has 1 heterocycles. The second-order valence-corrected chi connectivity index (χ2v) is 5.15. The average molecular weight is 256 g/mol. The Labute approximate surface area is 104 Å². The molecule has 1 aromatic rings. The zero-order chi connectivity index (χ0) is 12.3. The van der Waals surface area contributed by atoms with Crippen LogP contribution in [0, 0.1) is 0 Å². The van der Waals surface area contributed by atoms with Crippen molar-refractivity contribution in [2.45, 2.75) is 44.4 Å². The fraction of sp³-hybridized carbons (Fsp3) is 0.636. The predicted octanol–water partition coefficient (Wildman–Crippen LogP) is 1.23. The van der Waals surface area contributed by atoms with Crippen LogP contribution >= 0.6 is 11.3 Å². The molecule has 6 heteroatoms. The van der Waals surface area contributed by atoms with Crippen LogP contribution in [0.25, 0.3) is 0 Å². The van der Waals surface area contributed by atoms with Crippen LogP contribution < -0.4 is 5.32 Å². The molecule has 0 saturated heterocycles. The number of rotatable bonds is 4. The third-order valence-electron chi connectivity index (χ3n) is 3.01. The lowest BCUT2D eigenvalue weighted by Gasteiger charge is -2.28. The molecule has 1 fully saturated rings. The number of nitrogens with one attached hydrogen (secondary N) is 1. The minimum atomic E-state index is -0.987. The van der Waals surface area contributed by atoms with Gasteiger partial charge in [-0.1, -0.05) is 12.8 Å². The highest BCUT2D eigenvalue weighted by atomic mass is 32.1. The van der Waals surface area contributed by atoms with Gasteiger partial charge in [-0.3, -0.25) is 0 Å². The van der Waals surface area contributed by atoms with Gasteiger partial charge in [-0.25, -0.2) is 9.78 Å². The van der Waals surface area contributed by atoms with Crippen molar-refractivity contribution in [3.05, 3.63) is 16.1 Å². The lowest BCUT2D eigenvalue weighted by molar-refractivity contribution is 0.0695. The SMILES string of the molecule is O=C(O)c1nc(CNC2CCCCC2O)cs1. The van der Waals surface area contributed by atoms with Crippen molar-refractivity contribution in [3.8, 4) is 0 Å². The number of nitrogens with zero attached hydrogens (tertiary/aromatic N) is 1. The van der Waals surface area contributed by atoms with Gasteiger partial charge >= 0.3 is 5.97 Å². The number of aliphatic hydroxyl groups excluding tert-OH is 1. The van der Waals surface area contributed by atoms with Crippen molar-refractivity contribution in [2.75, 3.05) is 0 Å². The van der Waals surface area contributed by atoms with Gasteiger partial charge in [0.05, 0.1) is 11.8 Å². The molecule has 1 aliphatic carbocycles. The molecule has 5 nitrogen and oxygen atoms in total. The largest absolute Gasteiger partial charge is 0.476 e. The van der Waals surface area contributed by atoms with Crippen LogP contribution in [0.2, 0.25) is 0 Å². The molecule has 1 saturated carbocycles. The van der Waals surface area contributed by atoms with Crippen LogP contribution in [-0.2, 0) is 6.54 Å². The molecule has 0 aliphatic heterocycles. The molecule has 2 rings (SSSR count).